The summed E-state index contributed by atoms with van der Waals surface area (Å²) in [5.74, 6) is -0.718. The first-order valence-electron chi connectivity index (χ1n) is 6.76. The van der Waals surface area contributed by atoms with Crippen LogP contribution in [0.15, 0.2) is 23.1 Å². The number of rotatable bonds is 6. The van der Waals surface area contributed by atoms with Gasteiger partial charge >= 0.3 is 0 Å². The predicted molar refractivity (Wildman–Crippen MR) is 76.3 cm³/mol. The third-order valence-corrected chi connectivity index (χ3v) is 4.88. The first-order chi connectivity index (χ1) is 9.49. The van der Waals surface area contributed by atoms with Crippen LogP contribution in [0.25, 0.3) is 0 Å². The van der Waals surface area contributed by atoms with Gasteiger partial charge in [0.05, 0.1) is 10.6 Å². The van der Waals surface area contributed by atoms with E-state index in [9.17, 15) is 12.8 Å². The summed E-state index contributed by atoms with van der Waals surface area (Å²) in [5, 5.41) is 0. The van der Waals surface area contributed by atoms with Gasteiger partial charge in [-0.05, 0) is 57.1 Å². The molecule has 1 saturated heterocycles. The first kappa shape index (κ1) is 15.2. The van der Waals surface area contributed by atoms with Crippen LogP contribution >= 0.6 is 0 Å². The van der Waals surface area contributed by atoms with E-state index in [1.165, 1.54) is 25.0 Å². The SMILES string of the molecule is Nc1ccc(S(=O)(=O)NCCCN2CCCC2)cc1F. The van der Waals surface area contributed by atoms with Crippen molar-refractivity contribution >= 4 is 15.7 Å². The Kier molecular flexibility index (Phi) is 4.95. The minimum absolute atomic E-state index is 0.0574. The number of halogens is 1. The molecule has 1 aliphatic heterocycles. The van der Waals surface area contributed by atoms with Crippen molar-refractivity contribution in [3.05, 3.63) is 24.0 Å². The summed E-state index contributed by atoms with van der Waals surface area (Å²) in [6.45, 7) is 3.43. The Balaban J connectivity index is 1.85. The number of nitrogens with one attached hydrogen (secondary N) is 1. The molecule has 0 aliphatic carbocycles. The van der Waals surface area contributed by atoms with Gasteiger partial charge in [0.2, 0.25) is 10.0 Å². The zero-order valence-electron chi connectivity index (χ0n) is 11.3. The molecule has 0 radical (unpaired) electrons. The number of sulfonamides is 1. The summed E-state index contributed by atoms with van der Waals surface area (Å²) >= 11 is 0. The topological polar surface area (TPSA) is 75.4 Å². The number of nitrogens with zero attached hydrogens (tertiary/aromatic N) is 1. The molecule has 0 atom stereocenters. The molecule has 5 nitrogen and oxygen atoms in total. The quantitative estimate of drug-likeness (QED) is 0.611. The molecular weight excluding hydrogens is 281 g/mol. The van der Waals surface area contributed by atoms with Gasteiger partial charge in [-0.1, -0.05) is 0 Å². The van der Waals surface area contributed by atoms with E-state index >= 15 is 0 Å². The molecule has 1 aromatic rings. The molecule has 1 aliphatic rings. The number of hydrogen-bond donors (Lipinski definition) is 2. The molecule has 3 N–H and O–H groups in total. The van der Waals surface area contributed by atoms with Crippen LogP contribution < -0.4 is 10.5 Å². The van der Waals surface area contributed by atoms with Crippen LogP contribution in [0.2, 0.25) is 0 Å². The molecule has 2 rings (SSSR count). The minimum Gasteiger partial charge on any atom is -0.396 e. The van der Waals surface area contributed by atoms with Crippen molar-refractivity contribution in [1.82, 2.24) is 9.62 Å². The molecule has 112 valence electrons. The van der Waals surface area contributed by atoms with E-state index in [1.54, 1.807) is 0 Å². The second-order valence-corrected chi connectivity index (χ2v) is 6.75. The van der Waals surface area contributed by atoms with E-state index in [4.69, 9.17) is 5.73 Å². The largest absolute Gasteiger partial charge is 0.396 e. The Morgan fingerprint density at radius 2 is 2.00 bits per heavy atom. The lowest BCUT2D eigenvalue weighted by molar-refractivity contribution is 0.334. The Bertz CT molecular complexity index is 557. The molecule has 0 spiro atoms. The first-order valence-corrected chi connectivity index (χ1v) is 8.24. The van der Waals surface area contributed by atoms with Gasteiger partial charge in [0.15, 0.2) is 0 Å². The van der Waals surface area contributed by atoms with Crippen LogP contribution in [0.4, 0.5) is 10.1 Å². The van der Waals surface area contributed by atoms with Crippen LogP contribution in [-0.4, -0.2) is 39.5 Å². The molecule has 0 amide bonds. The molecule has 20 heavy (non-hydrogen) atoms. The predicted octanol–water partition coefficient (Wildman–Crippen LogP) is 1.17. The Labute approximate surface area is 119 Å². The van der Waals surface area contributed by atoms with Gasteiger partial charge in [0.1, 0.15) is 5.82 Å². The lowest BCUT2D eigenvalue weighted by atomic mass is 10.3. The fraction of sp³-hybridized carbons (Fsp3) is 0.538. The summed E-state index contributed by atoms with van der Waals surface area (Å²) in [4.78, 5) is 2.22. The standard InChI is InChI=1S/C13H20FN3O2S/c14-12-10-11(4-5-13(12)15)20(18,19)16-6-3-9-17-7-1-2-8-17/h4-5,10,16H,1-3,6-9,15H2. The van der Waals surface area contributed by atoms with Gasteiger partial charge in [-0.3, -0.25) is 0 Å². The van der Waals surface area contributed by atoms with Crippen molar-refractivity contribution in [2.24, 2.45) is 0 Å². The summed E-state index contributed by atoms with van der Waals surface area (Å²) in [6.07, 6.45) is 3.18. The zero-order valence-corrected chi connectivity index (χ0v) is 12.1. The molecule has 1 heterocycles. The molecule has 0 saturated carbocycles. The number of nitrogen functional groups attached to an aromatic ring is 1. The minimum atomic E-state index is -3.66. The molecule has 7 heteroatoms. The number of hydrogen-bond acceptors (Lipinski definition) is 4. The molecular formula is C13H20FN3O2S. The van der Waals surface area contributed by atoms with E-state index in [-0.39, 0.29) is 10.6 Å². The lowest BCUT2D eigenvalue weighted by Gasteiger charge is -2.14. The highest BCUT2D eigenvalue weighted by Crippen LogP contribution is 2.16. The smallest absolute Gasteiger partial charge is 0.240 e. The molecule has 1 fully saturated rings. The lowest BCUT2D eigenvalue weighted by Crippen LogP contribution is -2.28. The zero-order chi connectivity index (χ0) is 14.6. The molecule has 0 aromatic heterocycles. The van der Waals surface area contributed by atoms with Gasteiger partial charge in [-0.2, -0.15) is 0 Å². The Hall–Kier alpha value is -1.18. The summed E-state index contributed by atoms with van der Waals surface area (Å²) < 4.78 is 39.7. The normalized spacial score (nSPS) is 16.6. The van der Waals surface area contributed by atoms with Crippen molar-refractivity contribution < 1.29 is 12.8 Å². The second kappa shape index (κ2) is 6.51. The monoisotopic (exact) mass is 301 g/mol. The van der Waals surface area contributed by atoms with Crippen LogP contribution in [-0.2, 0) is 10.0 Å². The second-order valence-electron chi connectivity index (χ2n) is 4.98. The fourth-order valence-corrected chi connectivity index (χ4v) is 3.36. The van der Waals surface area contributed by atoms with E-state index in [0.29, 0.717) is 6.54 Å². The molecule has 0 bridgehead atoms. The Morgan fingerprint density at radius 1 is 1.30 bits per heavy atom. The number of anilines is 1. The van der Waals surface area contributed by atoms with E-state index < -0.39 is 15.8 Å². The van der Waals surface area contributed by atoms with Crippen LogP contribution in [0, 0.1) is 5.82 Å². The maximum atomic E-state index is 13.3. The van der Waals surface area contributed by atoms with Gasteiger partial charge in [0.25, 0.3) is 0 Å². The van der Waals surface area contributed by atoms with Crippen molar-refractivity contribution in [2.45, 2.75) is 24.2 Å². The van der Waals surface area contributed by atoms with Crippen LogP contribution in [0.1, 0.15) is 19.3 Å². The highest BCUT2D eigenvalue weighted by Gasteiger charge is 2.16. The van der Waals surface area contributed by atoms with Gasteiger partial charge < -0.3 is 10.6 Å². The molecule has 1 aromatic carbocycles. The van der Waals surface area contributed by atoms with Gasteiger partial charge in [-0.15, -0.1) is 0 Å². The van der Waals surface area contributed by atoms with E-state index in [2.05, 4.69) is 9.62 Å². The third-order valence-electron chi connectivity index (χ3n) is 3.42. The van der Waals surface area contributed by atoms with E-state index in [0.717, 1.165) is 32.1 Å². The average molecular weight is 301 g/mol. The van der Waals surface area contributed by atoms with E-state index in [1.807, 2.05) is 0 Å². The summed E-state index contributed by atoms with van der Waals surface area (Å²) in [5.41, 5.74) is 5.27. The fourth-order valence-electron chi connectivity index (χ4n) is 2.27. The van der Waals surface area contributed by atoms with Crippen molar-refractivity contribution in [2.75, 3.05) is 31.9 Å². The highest BCUT2D eigenvalue weighted by molar-refractivity contribution is 7.89. The van der Waals surface area contributed by atoms with Gasteiger partial charge in [-0.25, -0.2) is 17.5 Å². The Morgan fingerprint density at radius 3 is 2.65 bits per heavy atom. The van der Waals surface area contributed by atoms with Crippen molar-refractivity contribution in [3.8, 4) is 0 Å². The maximum Gasteiger partial charge on any atom is 0.240 e. The average Bonchev–Trinajstić information content (AvgIpc) is 2.91. The highest BCUT2D eigenvalue weighted by atomic mass is 32.2. The van der Waals surface area contributed by atoms with Crippen LogP contribution in [0.5, 0.6) is 0 Å². The van der Waals surface area contributed by atoms with Crippen LogP contribution in [0.3, 0.4) is 0 Å². The number of likely N-dealkylation sites (tertiary alicyclic amines) is 1. The summed E-state index contributed by atoms with van der Waals surface area (Å²) in [7, 11) is -3.66. The summed E-state index contributed by atoms with van der Waals surface area (Å²) in [6, 6.07) is 3.51. The van der Waals surface area contributed by atoms with Gasteiger partial charge in [0, 0.05) is 6.54 Å². The number of nitrogens with two attached hydrogens (primary N) is 1. The third kappa shape index (κ3) is 3.91. The maximum absolute atomic E-state index is 13.3. The van der Waals surface area contributed by atoms with Crippen molar-refractivity contribution in [3.63, 3.8) is 0 Å². The van der Waals surface area contributed by atoms with Crippen molar-refractivity contribution in [1.29, 1.82) is 0 Å². The molecule has 0 unspecified atom stereocenters. The number of benzene rings is 1.